The molecule has 4 nitrogen and oxygen atoms in total. The molecular weight excluding hydrogens is 234 g/mol. The Morgan fingerprint density at radius 1 is 1.38 bits per heavy atom. The third-order valence-electron chi connectivity index (χ3n) is 1.31. The van der Waals surface area contributed by atoms with Gasteiger partial charge in [0.2, 0.25) is 0 Å². The second kappa shape index (κ2) is 10.1. The molecule has 0 aliphatic rings. The normalized spacial score (nSPS) is 10.3. The number of imidazole rings is 1. The smallest absolute Gasteiger partial charge is 0.107 e. The average Bonchev–Trinajstić information content (AvgIpc) is 2.40. The number of halogens is 3. The number of hydrogen-bond donors (Lipinski definition) is 3. The molecule has 80 valence electrons. The van der Waals surface area contributed by atoms with Crippen molar-refractivity contribution < 1.29 is 0 Å². The molecule has 1 atom stereocenters. The monoisotopic (exact) mass is 248 g/mol. The van der Waals surface area contributed by atoms with E-state index < -0.39 is 0 Å². The van der Waals surface area contributed by atoms with E-state index in [-0.39, 0.29) is 43.3 Å². The number of nitrogens with zero attached hydrogens (tertiary/aromatic N) is 1. The van der Waals surface area contributed by atoms with Crippen LogP contribution in [0.2, 0.25) is 0 Å². The summed E-state index contributed by atoms with van der Waals surface area (Å²) in [6.07, 6.45) is 4.21. The van der Waals surface area contributed by atoms with Crippen molar-refractivity contribution in [3.8, 4) is 0 Å². The van der Waals surface area contributed by atoms with E-state index in [9.17, 15) is 0 Å². The molecule has 1 aromatic heterocycles. The molecule has 1 unspecified atom stereocenters. The summed E-state index contributed by atoms with van der Waals surface area (Å²) in [4.78, 5) is 6.97. The van der Waals surface area contributed by atoms with Gasteiger partial charge in [-0.25, -0.2) is 4.98 Å². The maximum absolute atomic E-state index is 5.58. The first-order chi connectivity index (χ1) is 4.83. The summed E-state index contributed by atoms with van der Waals surface area (Å²) >= 11 is 0. The average molecular weight is 250 g/mol. The van der Waals surface area contributed by atoms with E-state index in [1.807, 2.05) is 0 Å². The topological polar surface area (TPSA) is 80.7 Å². The van der Waals surface area contributed by atoms with Gasteiger partial charge in [-0.3, -0.25) is 0 Å². The standard InChI is InChI=1S/C6H12N4.3ClH/c7-4-5(8)3-6-9-1-2-10-6;;;/h1-2,5H,3-4,7-8H2,(H,9,10);3*1H. The van der Waals surface area contributed by atoms with Gasteiger partial charge in [0.05, 0.1) is 0 Å². The Morgan fingerprint density at radius 2 is 2.00 bits per heavy atom. The highest BCUT2D eigenvalue weighted by atomic mass is 35.5. The molecule has 0 aliphatic carbocycles. The summed E-state index contributed by atoms with van der Waals surface area (Å²) in [5.41, 5.74) is 10.9. The van der Waals surface area contributed by atoms with Gasteiger partial charge < -0.3 is 16.5 Å². The highest BCUT2D eigenvalue weighted by Crippen LogP contribution is 1.91. The fraction of sp³-hybridized carbons (Fsp3) is 0.500. The van der Waals surface area contributed by atoms with E-state index in [1.165, 1.54) is 0 Å². The van der Waals surface area contributed by atoms with Crippen LogP contribution in [0.25, 0.3) is 0 Å². The Bertz CT molecular complexity index is 180. The Hall–Kier alpha value is -0.000000000000000222. The summed E-state index contributed by atoms with van der Waals surface area (Å²) in [5, 5.41) is 0. The van der Waals surface area contributed by atoms with Crippen LogP contribution in [0.1, 0.15) is 5.82 Å². The minimum Gasteiger partial charge on any atom is -0.349 e. The predicted molar refractivity (Wildman–Crippen MR) is 61.1 cm³/mol. The fourth-order valence-electron chi connectivity index (χ4n) is 0.741. The SMILES string of the molecule is Cl.Cl.Cl.NCC(N)Cc1ncc[nH]1. The lowest BCUT2D eigenvalue weighted by Crippen LogP contribution is -2.32. The van der Waals surface area contributed by atoms with E-state index in [0.717, 1.165) is 12.2 Å². The van der Waals surface area contributed by atoms with Crippen molar-refractivity contribution in [3.05, 3.63) is 18.2 Å². The third kappa shape index (κ3) is 7.10. The first-order valence-electron chi connectivity index (χ1n) is 3.27. The maximum Gasteiger partial charge on any atom is 0.107 e. The van der Waals surface area contributed by atoms with Crippen LogP contribution in [0.3, 0.4) is 0 Å². The summed E-state index contributed by atoms with van der Waals surface area (Å²) in [6.45, 7) is 0.501. The van der Waals surface area contributed by atoms with Crippen LogP contribution in [-0.4, -0.2) is 22.6 Å². The van der Waals surface area contributed by atoms with E-state index in [1.54, 1.807) is 12.4 Å². The molecule has 0 bridgehead atoms. The van der Waals surface area contributed by atoms with Crippen LogP contribution in [-0.2, 0) is 6.42 Å². The highest BCUT2D eigenvalue weighted by molar-refractivity contribution is 5.86. The van der Waals surface area contributed by atoms with Crippen molar-refractivity contribution in [3.63, 3.8) is 0 Å². The van der Waals surface area contributed by atoms with Crippen LogP contribution in [0.15, 0.2) is 12.4 Å². The Labute approximate surface area is 96.1 Å². The lowest BCUT2D eigenvalue weighted by atomic mass is 10.2. The van der Waals surface area contributed by atoms with Gasteiger partial charge in [-0.1, -0.05) is 0 Å². The minimum absolute atomic E-state index is 0. The largest absolute Gasteiger partial charge is 0.349 e. The second-order valence-corrected chi connectivity index (χ2v) is 2.24. The number of nitrogens with one attached hydrogen (secondary N) is 1. The summed E-state index contributed by atoms with van der Waals surface area (Å²) in [7, 11) is 0. The molecule has 0 aliphatic heterocycles. The lowest BCUT2D eigenvalue weighted by Gasteiger charge is -2.04. The van der Waals surface area contributed by atoms with Gasteiger partial charge in [-0.15, -0.1) is 37.2 Å². The van der Waals surface area contributed by atoms with Gasteiger partial charge in [-0.2, -0.15) is 0 Å². The summed E-state index contributed by atoms with van der Waals surface area (Å²) in [6, 6.07) is 0.0196. The Morgan fingerprint density at radius 3 is 2.38 bits per heavy atom. The van der Waals surface area contributed by atoms with Crippen LogP contribution < -0.4 is 11.5 Å². The van der Waals surface area contributed by atoms with Crippen LogP contribution in [0, 0.1) is 0 Å². The molecule has 1 aromatic rings. The zero-order valence-electron chi connectivity index (χ0n) is 6.97. The van der Waals surface area contributed by atoms with Crippen LogP contribution in [0.4, 0.5) is 0 Å². The van der Waals surface area contributed by atoms with Crippen molar-refractivity contribution in [1.29, 1.82) is 0 Å². The zero-order chi connectivity index (χ0) is 7.40. The van der Waals surface area contributed by atoms with E-state index in [0.29, 0.717) is 6.54 Å². The maximum atomic E-state index is 5.58. The first-order valence-corrected chi connectivity index (χ1v) is 3.27. The van der Waals surface area contributed by atoms with Gasteiger partial charge in [0.15, 0.2) is 0 Å². The van der Waals surface area contributed by atoms with Crippen LogP contribution >= 0.6 is 37.2 Å². The van der Waals surface area contributed by atoms with Gasteiger partial charge in [0, 0.05) is 31.4 Å². The second-order valence-electron chi connectivity index (χ2n) is 2.24. The lowest BCUT2D eigenvalue weighted by molar-refractivity contribution is 0.658. The van der Waals surface area contributed by atoms with Crippen molar-refractivity contribution in [1.82, 2.24) is 9.97 Å². The predicted octanol–water partition coefficient (Wildman–Crippen LogP) is 0.504. The number of nitrogens with two attached hydrogens (primary N) is 2. The molecule has 1 rings (SSSR count). The number of H-pyrrole nitrogens is 1. The van der Waals surface area contributed by atoms with Crippen molar-refractivity contribution in [2.24, 2.45) is 11.5 Å². The van der Waals surface area contributed by atoms with E-state index >= 15 is 0 Å². The van der Waals surface area contributed by atoms with Crippen molar-refractivity contribution in [2.45, 2.75) is 12.5 Å². The molecule has 0 saturated carbocycles. The molecule has 13 heavy (non-hydrogen) atoms. The van der Waals surface area contributed by atoms with Gasteiger partial charge in [0.1, 0.15) is 5.82 Å². The molecule has 0 saturated heterocycles. The molecule has 0 amide bonds. The molecule has 0 radical (unpaired) electrons. The van der Waals surface area contributed by atoms with E-state index in [4.69, 9.17) is 11.5 Å². The van der Waals surface area contributed by atoms with Gasteiger partial charge in [0.25, 0.3) is 0 Å². The number of hydrogen-bond acceptors (Lipinski definition) is 3. The van der Waals surface area contributed by atoms with Gasteiger partial charge in [-0.05, 0) is 0 Å². The molecular formula is C6H15Cl3N4. The van der Waals surface area contributed by atoms with Crippen molar-refractivity contribution in [2.75, 3.05) is 6.54 Å². The molecule has 5 N–H and O–H groups in total. The number of rotatable bonds is 3. The van der Waals surface area contributed by atoms with Crippen molar-refractivity contribution >= 4 is 37.2 Å². The summed E-state index contributed by atoms with van der Waals surface area (Å²) in [5.74, 6) is 0.901. The molecule has 0 spiro atoms. The molecule has 7 heteroatoms. The molecule has 1 heterocycles. The highest BCUT2D eigenvalue weighted by Gasteiger charge is 2.01. The summed E-state index contributed by atoms with van der Waals surface area (Å²) < 4.78 is 0. The molecule has 0 fully saturated rings. The number of aromatic amines is 1. The Balaban J connectivity index is -0.000000333. The minimum atomic E-state index is 0. The Kier molecular flexibility index (Phi) is 14.5. The van der Waals surface area contributed by atoms with Crippen LogP contribution in [0.5, 0.6) is 0 Å². The third-order valence-corrected chi connectivity index (χ3v) is 1.31. The number of aromatic nitrogens is 2. The fourth-order valence-corrected chi connectivity index (χ4v) is 0.741. The first kappa shape index (κ1) is 18.7. The van der Waals surface area contributed by atoms with E-state index in [2.05, 4.69) is 9.97 Å². The zero-order valence-corrected chi connectivity index (χ0v) is 9.42. The molecule has 0 aromatic carbocycles. The quantitative estimate of drug-likeness (QED) is 0.730. The van der Waals surface area contributed by atoms with Gasteiger partial charge >= 0.3 is 0 Å².